The number of nitrogens with zero attached hydrogens (tertiary/aromatic N) is 3. The molecule has 2 rings (SSSR count). The van der Waals surface area contributed by atoms with Gasteiger partial charge in [0.15, 0.2) is 0 Å². The number of hydrogen-bond donors (Lipinski definition) is 2. The SMILES string of the molecule is CCc1nc(SCC(=O)NC[C@H](CC)N2CCOCC2)n[nH]1. The van der Waals surface area contributed by atoms with E-state index in [2.05, 4.69) is 32.3 Å². The number of ether oxygens (including phenoxy) is 1. The first-order valence-electron chi connectivity index (χ1n) is 7.85. The zero-order valence-electron chi connectivity index (χ0n) is 13.3. The van der Waals surface area contributed by atoms with Crippen molar-refractivity contribution < 1.29 is 9.53 Å². The number of morpholine rings is 1. The fraction of sp³-hybridized carbons (Fsp3) is 0.786. The molecule has 0 aliphatic carbocycles. The van der Waals surface area contributed by atoms with E-state index in [0.717, 1.165) is 45.0 Å². The minimum atomic E-state index is 0.0274. The highest BCUT2D eigenvalue weighted by atomic mass is 32.2. The molecule has 1 aliphatic rings. The summed E-state index contributed by atoms with van der Waals surface area (Å²) in [4.78, 5) is 18.6. The average Bonchev–Trinajstić information content (AvgIpc) is 3.02. The summed E-state index contributed by atoms with van der Waals surface area (Å²) in [6, 6.07) is 0.382. The number of nitrogens with one attached hydrogen (secondary N) is 2. The molecule has 0 saturated carbocycles. The highest BCUT2D eigenvalue weighted by Gasteiger charge is 2.20. The fourth-order valence-electron chi connectivity index (χ4n) is 2.39. The zero-order valence-corrected chi connectivity index (χ0v) is 14.1. The van der Waals surface area contributed by atoms with Gasteiger partial charge in [-0.1, -0.05) is 25.6 Å². The topological polar surface area (TPSA) is 83.1 Å². The molecule has 2 heterocycles. The Morgan fingerprint density at radius 2 is 2.23 bits per heavy atom. The molecule has 0 aromatic carbocycles. The fourth-order valence-corrected chi connectivity index (χ4v) is 3.03. The summed E-state index contributed by atoms with van der Waals surface area (Å²) in [6.45, 7) is 8.30. The molecule has 1 aromatic rings. The lowest BCUT2D eigenvalue weighted by Gasteiger charge is -2.34. The number of aryl methyl sites for hydroxylation is 1. The van der Waals surface area contributed by atoms with E-state index in [9.17, 15) is 4.79 Å². The summed E-state index contributed by atoms with van der Waals surface area (Å²) in [7, 11) is 0. The van der Waals surface area contributed by atoms with Gasteiger partial charge in [0.2, 0.25) is 11.1 Å². The van der Waals surface area contributed by atoms with Crippen LogP contribution in [0.3, 0.4) is 0 Å². The molecule has 1 atom stereocenters. The standard InChI is InChI=1S/C14H25N5O2S/c1-3-11(19-5-7-21-8-6-19)9-15-13(20)10-22-14-16-12(4-2)17-18-14/h11H,3-10H2,1-2H3,(H,15,20)(H,16,17,18)/t11-/m0/s1. The van der Waals surface area contributed by atoms with Crippen LogP contribution < -0.4 is 5.32 Å². The normalized spacial score (nSPS) is 17.4. The van der Waals surface area contributed by atoms with Gasteiger partial charge in [-0.05, 0) is 6.42 Å². The number of hydrogen-bond acceptors (Lipinski definition) is 6. The van der Waals surface area contributed by atoms with Crippen LogP contribution in [0.2, 0.25) is 0 Å². The minimum Gasteiger partial charge on any atom is -0.379 e. The molecule has 1 aromatic heterocycles. The van der Waals surface area contributed by atoms with Crippen molar-refractivity contribution in [2.75, 3.05) is 38.6 Å². The molecule has 0 unspecified atom stereocenters. The average molecular weight is 327 g/mol. The maximum atomic E-state index is 12.0. The summed E-state index contributed by atoms with van der Waals surface area (Å²) in [6.07, 6.45) is 1.84. The molecule has 0 bridgehead atoms. The Kier molecular flexibility index (Phi) is 7.14. The van der Waals surface area contributed by atoms with Gasteiger partial charge in [0, 0.05) is 32.1 Å². The minimum absolute atomic E-state index is 0.0274. The molecule has 0 radical (unpaired) electrons. The van der Waals surface area contributed by atoms with Gasteiger partial charge in [0.05, 0.1) is 19.0 Å². The molecule has 7 nitrogen and oxygen atoms in total. The third kappa shape index (κ3) is 5.26. The second-order valence-electron chi connectivity index (χ2n) is 5.22. The van der Waals surface area contributed by atoms with E-state index < -0.39 is 0 Å². The van der Waals surface area contributed by atoms with Gasteiger partial charge in [0.25, 0.3) is 0 Å². The lowest BCUT2D eigenvalue weighted by Crippen LogP contribution is -2.48. The van der Waals surface area contributed by atoms with Gasteiger partial charge < -0.3 is 10.1 Å². The molecule has 124 valence electrons. The third-order valence-electron chi connectivity index (χ3n) is 3.75. The highest BCUT2D eigenvalue weighted by Crippen LogP contribution is 2.12. The van der Waals surface area contributed by atoms with E-state index in [1.54, 1.807) is 0 Å². The number of thioether (sulfide) groups is 1. The maximum Gasteiger partial charge on any atom is 0.230 e. The van der Waals surface area contributed by atoms with Crippen molar-refractivity contribution in [1.29, 1.82) is 0 Å². The second kappa shape index (κ2) is 9.12. The number of rotatable bonds is 8. The molecule has 1 aliphatic heterocycles. The summed E-state index contributed by atoms with van der Waals surface area (Å²) in [5.41, 5.74) is 0. The molecular formula is C14H25N5O2S. The molecule has 2 N–H and O–H groups in total. The first-order valence-corrected chi connectivity index (χ1v) is 8.84. The summed E-state index contributed by atoms with van der Waals surface area (Å²) < 4.78 is 5.37. The molecule has 8 heteroatoms. The first kappa shape index (κ1) is 17.2. The Bertz CT molecular complexity index is 462. The Morgan fingerprint density at radius 1 is 1.45 bits per heavy atom. The molecule has 1 fully saturated rings. The Morgan fingerprint density at radius 3 is 2.86 bits per heavy atom. The Hall–Kier alpha value is -1.12. The predicted octanol–water partition coefficient (Wildman–Crippen LogP) is 0.686. The smallest absolute Gasteiger partial charge is 0.230 e. The van der Waals surface area contributed by atoms with E-state index in [0.29, 0.717) is 23.5 Å². The van der Waals surface area contributed by atoms with Gasteiger partial charge in [-0.2, -0.15) is 0 Å². The van der Waals surface area contributed by atoms with E-state index in [1.807, 2.05) is 6.92 Å². The van der Waals surface area contributed by atoms with Gasteiger partial charge in [-0.3, -0.25) is 14.8 Å². The molecule has 1 saturated heterocycles. The molecular weight excluding hydrogens is 302 g/mol. The van der Waals surface area contributed by atoms with Crippen molar-refractivity contribution in [2.45, 2.75) is 37.9 Å². The van der Waals surface area contributed by atoms with Crippen molar-refractivity contribution in [3.05, 3.63) is 5.82 Å². The van der Waals surface area contributed by atoms with Crippen molar-refractivity contribution in [3.8, 4) is 0 Å². The van der Waals surface area contributed by atoms with Gasteiger partial charge in [0.1, 0.15) is 5.82 Å². The van der Waals surface area contributed by atoms with Crippen LogP contribution in [0, 0.1) is 0 Å². The molecule has 1 amide bonds. The first-order chi connectivity index (χ1) is 10.7. The van der Waals surface area contributed by atoms with Crippen LogP contribution in [0.5, 0.6) is 0 Å². The second-order valence-corrected chi connectivity index (χ2v) is 6.16. The number of carbonyl (C=O) groups excluding carboxylic acids is 1. The summed E-state index contributed by atoms with van der Waals surface area (Å²) in [5, 5.41) is 10.6. The van der Waals surface area contributed by atoms with E-state index in [1.165, 1.54) is 11.8 Å². The van der Waals surface area contributed by atoms with Crippen LogP contribution >= 0.6 is 11.8 Å². The van der Waals surface area contributed by atoms with Crippen LogP contribution in [-0.4, -0.2) is 70.6 Å². The predicted molar refractivity (Wildman–Crippen MR) is 86.0 cm³/mol. The van der Waals surface area contributed by atoms with Crippen molar-refractivity contribution in [3.63, 3.8) is 0 Å². The zero-order chi connectivity index (χ0) is 15.8. The number of amides is 1. The van der Waals surface area contributed by atoms with Crippen LogP contribution in [-0.2, 0) is 16.0 Å². The molecule has 22 heavy (non-hydrogen) atoms. The van der Waals surface area contributed by atoms with Crippen LogP contribution in [0.25, 0.3) is 0 Å². The van der Waals surface area contributed by atoms with Crippen molar-refractivity contribution in [1.82, 2.24) is 25.4 Å². The third-order valence-corrected chi connectivity index (χ3v) is 4.59. The largest absolute Gasteiger partial charge is 0.379 e. The number of aromatic nitrogens is 3. The Balaban J connectivity index is 1.69. The van der Waals surface area contributed by atoms with Crippen molar-refractivity contribution in [2.24, 2.45) is 0 Å². The van der Waals surface area contributed by atoms with Crippen LogP contribution in [0.15, 0.2) is 5.16 Å². The number of aromatic amines is 1. The van der Waals surface area contributed by atoms with E-state index >= 15 is 0 Å². The lowest BCUT2D eigenvalue weighted by atomic mass is 10.2. The quantitative estimate of drug-likeness (QED) is 0.684. The number of H-pyrrole nitrogens is 1. The van der Waals surface area contributed by atoms with E-state index in [4.69, 9.17) is 4.74 Å². The highest BCUT2D eigenvalue weighted by molar-refractivity contribution is 7.99. The lowest BCUT2D eigenvalue weighted by molar-refractivity contribution is -0.118. The van der Waals surface area contributed by atoms with Crippen LogP contribution in [0.4, 0.5) is 0 Å². The van der Waals surface area contributed by atoms with Crippen molar-refractivity contribution >= 4 is 17.7 Å². The monoisotopic (exact) mass is 327 g/mol. The summed E-state index contributed by atoms with van der Waals surface area (Å²) in [5.74, 6) is 1.22. The van der Waals surface area contributed by atoms with Crippen LogP contribution in [0.1, 0.15) is 26.1 Å². The Labute approximate surface area is 135 Å². The maximum absolute atomic E-state index is 12.0. The summed E-state index contributed by atoms with van der Waals surface area (Å²) >= 11 is 1.36. The number of carbonyl (C=O) groups is 1. The van der Waals surface area contributed by atoms with E-state index in [-0.39, 0.29) is 5.91 Å². The molecule has 0 spiro atoms. The van der Waals surface area contributed by atoms with Gasteiger partial charge >= 0.3 is 0 Å². The van der Waals surface area contributed by atoms with Gasteiger partial charge in [-0.25, -0.2) is 4.98 Å². The van der Waals surface area contributed by atoms with Gasteiger partial charge in [-0.15, -0.1) is 5.10 Å².